The third kappa shape index (κ3) is 3.13. The molecule has 0 amide bonds. The van der Waals surface area contributed by atoms with Crippen LogP contribution in [0, 0.1) is 11.6 Å². The zero-order valence-corrected chi connectivity index (χ0v) is 9.42. The second-order valence-corrected chi connectivity index (χ2v) is 4.29. The van der Waals surface area contributed by atoms with E-state index in [1.807, 2.05) is 0 Å². The number of rotatable bonds is 4. The Hall–Kier alpha value is -1.69. The predicted molar refractivity (Wildman–Crippen MR) is 58.1 cm³/mol. The fourth-order valence-corrected chi connectivity index (χ4v) is 1.19. The van der Waals surface area contributed by atoms with Gasteiger partial charge < -0.3 is 15.5 Å². The van der Waals surface area contributed by atoms with Crippen LogP contribution in [0.2, 0.25) is 0 Å². The molecule has 0 aliphatic rings. The summed E-state index contributed by atoms with van der Waals surface area (Å²) in [6.45, 7) is 2.78. The van der Waals surface area contributed by atoms with Gasteiger partial charge in [-0.2, -0.15) is 0 Å². The van der Waals surface area contributed by atoms with Gasteiger partial charge in [-0.15, -0.1) is 0 Å². The number of carboxylic acids is 1. The van der Waals surface area contributed by atoms with Crippen molar-refractivity contribution in [1.29, 1.82) is 0 Å². The molecule has 0 unspecified atom stereocenters. The van der Waals surface area contributed by atoms with E-state index in [9.17, 15) is 13.6 Å². The highest BCUT2D eigenvalue weighted by atomic mass is 19.1. The van der Waals surface area contributed by atoms with Gasteiger partial charge in [-0.25, -0.2) is 13.6 Å². The van der Waals surface area contributed by atoms with Crippen LogP contribution in [0.5, 0.6) is 0 Å². The minimum absolute atomic E-state index is 0.327. The smallest absolute Gasteiger partial charge is 0.335 e. The van der Waals surface area contributed by atoms with Crippen LogP contribution in [0.3, 0.4) is 0 Å². The van der Waals surface area contributed by atoms with E-state index in [2.05, 4.69) is 5.32 Å². The Bertz CT molecular complexity index is 423. The topological polar surface area (TPSA) is 69.6 Å². The van der Waals surface area contributed by atoms with Crippen LogP contribution in [0.4, 0.5) is 14.5 Å². The van der Waals surface area contributed by atoms with Crippen molar-refractivity contribution in [2.24, 2.45) is 0 Å². The monoisotopic (exact) mass is 245 g/mol. The third-order valence-corrected chi connectivity index (χ3v) is 2.15. The molecule has 0 aliphatic carbocycles. The average Bonchev–Trinajstić information content (AvgIpc) is 2.23. The molecule has 94 valence electrons. The largest absolute Gasteiger partial charge is 0.478 e. The molecule has 0 heterocycles. The second-order valence-electron chi connectivity index (χ2n) is 4.29. The molecule has 0 aromatic heterocycles. The lowest BCUT2D eigenvalue weighted by atomic mass is 10.1. The molecule has 0 atom stereocenters. The van der Waals surface area contributed by atoms with E-state index in [-0.39, 0.29) is 6.61 Å². The number of carbonyl (C=O) groups is 1. The molecule has 0 fully saturated rings. The van der Waals surface area contributed by atoms with E-state index >= 15 is 0 Å². The average molecular weight is 245 g/mol. The molecule has 4 nitrogen and oxygen atoms in total. The molecule has 1 rings (SSSR count). The minimum Gasteiger partial charge on any atom is -0.478 e. The van der Waals surface area contributed by atoms with Crippen molar-refractivity contribution in [3.8, 4) is 0 Å². The molecule has 0 spiro atoms. The first kappa shape index (κ1) is 13.4. The summed E-state index contributed by atoms with van der Waals surface area (Å²) in [4.78, 5) is 10.6. The molecule has 3 N–H and O–H groups in total. The van der Waals surface area contributed by atoms with E-state index in [4.69, 9.17) is 10.2 Å². The molecule has 0 bridgehead atoms. The highest BCUT2D eigenvalue weighted by molar-refractivity contribution is 5.88. The van der Waals surface area contributed by atoms with Gasteiger partial charge in [0.2, 0.25) is 0 Å². The van der Waals surface area contributed by atoms with Gasteiger partial charge in [-0.3, -0.25) is 0 Å². The van der Waals surface area contributed by atoms with Crippen molar-refractivity contribution in [2.75, 3.05) is 11.9 Å². The molecule has 1 aromatic carbocycles. The van der Waals surface area contributed by atoms with E-state index in [0.29, 0.717) is 0 Å². The van der Waals surface area contributed by atoms with Crippen LogP contribution in [0.25, 0.3) is 0 Å². The number of halogens is 2. The minimum atomic E-state index is -1.41. The zero-order chi connectivity index (χ0) is 13.2. The fourth-order valence-electron chi connectivity index (χ4n) is 1.19. The van der Waals surface area contributed by atoms with Crippen LogP contribution in [0.1, 0.15) is 24.2 Å². The summed E-state index contributed by atoms with van der Waals surface area (Å²) in [5.41, 5.74) is -1.83. The van der Waals surface area contributed by atoms with Gasteiger partial charge >= 0.3 is 5.97 Å². The summed E-state index contributed by atoms with van der Waals surface area (Å²) in [6.07, 6.45) is 0. The van der Waals surface area contributed by atoms with Gasteiger partial charge in [0.05, 0.1) is 17.7 Å². The number of hydrogen-bond donors (Lipinski definition) is 3. The van der Waals surface area contributed by atoms with Crippen LogP contribution >= 0.6 is 0 Å². The standard InChI is InChI=1S/C11H13F2NO3/c1-11(2,5-15)14-9-7(12)3-6(10(16)17)4-8(9)13/h3-4,14-15H,5H2,1-2H3,(H,16,17). The summed E-state index contributed by atoms with van der Waals surface area (Å²) in [6, 6.07) is 1.45. The van der Waals surface area contributed by atoms with E-state index < -0.39 is 34.4 Å². The Balaban J connectivity index is 3.15. The maximum Gasteiger partial charge on any atom is 0.335 e. The summed E-state index contributed by atoms with van der Waals surface area (Å²) >= 11 is 0. The quantitative estimate of drug-likeness (QED) is 0.757. The lowest BCUT2D eigenvalue weighted by molar-refractivity contribution is 0.0696. The third-order valence-electron chi connectivity index (χ3n) is 2.15. The van der Waals surface area contributed by atoms with Crippen LogP contribution in [-0.4, -0.2) is 28.3 Å². The summed E-state index contributed by atoms with van der Waals surface area (Å²) in [5, 5.41) is 20.1. The van der Waals surface area contributed by atoms with Crippen molar-refractivity contribution in [3.05, 3.63) is 29.3 Å². The number of benzene rings is 1. The Morgan fingerprint density at radius 1 is 1.35 bits per heavy atom. The maximum absolute atomic E-state index is 13.5. The first-order valence-electron chi connectivity index (χ1n) is 4.88. The highest BCUT2D eigenvalue weighted by Crippen LogP contribution is 2.24. The molecule has 0 saturated carbocycles. The van der Waals surface area contributed by atoms with Crippen LogP contribution in [0.15, 0.2) is 12.1 Å². The van der Waals surface area contributed by atoms with E-state index in [0.717, 1.165) is 12.1 Å². The molecule has 1 aromatic rings. The number of anilines is 1. The Morgan fingerprint density at radius 3 is 2.18 bits per heavy atom. The second kappa shape index (κ2) is 4.67. The normalized spacial score (nSPS) is 11.4. The van der Waals surface area contributed by atoms with Crippen molar-refractivity contribution in [1.82, 2.24) is 0 Å². The molecule has 17 heavy (non-hydrogen) atoms. The number of aromatic carboxylic acids is 1. The first-order valence-corrected chi connectivity index (χ1v) is 4.88. The lowest BCUT2D eigenvalue weighted by Crippen LogP contribution is -2.35. The number of hydrogen-bond acceptors (Lipinski definition) is 3. The van der Waals surface area contributed by atoms with Gasteiger partial charge in [0.25, 0.3) is 0 Å². The van der Waals surface area contributed by atoms with Gasteiger partial charge in [-0.05, 0) is 26.0 Å². The summed E-state index contributed by atoms with van der Waals surface area (Å²) in [7, 11) is 0. The molecule has 0 saturated heterocycles. The van der Waals surface area contributed by atoms with E-state index in [1.165, 1.54) is 0 Å². The number of aliphatic hydroxyl groups excluding tert-OH is 1. The Morgan fingerprint density at radius 2 is 1.82 bits per heavy atom. The lowest BCUT2D eigenvalue weighted by Gasteiger charge is -2.25. The predicted octanol–water partition coefficient (Wildman–Crippen LogP) is 1.85. The molecule has 0 aliphatic heterocycles. The van der Waals surface area contributed by atoms with Crippen LogP contribution in [-0.2, 0) is 0 Å². The van der Waals surface area contributed by atoms with Crippen molar-refractivity contribution < 1.29 is 23.8 Å². The van der Waals surface area contributed by atoms with Gasteiger partial charge in [-0.1, -0.05) is 0 Å². The van der Waals surface area contributed by atoms with Crippen molar-refractivity contribution in [2.45, 2.75) is 19.4 Å². The van der Waals surface area contributed by atoms with Gasteiger partial charge in [0, 0.05) is 0 Å². The fraction of sp³-hybridized carbons (Fsp3) is 0.364. The zero-order valence-electron chi connectivity index (χ0n) is 9.42. The molecule has 6 heteroatoms. The first-order chi connectivity index (χ1) is 7.76. The molecule has 0 radical (unpaired) electrons. The number of carboxylic acid groups (broad SMARTS) is 1. The Kier molecular flexibility index (Phi) is 3.67. The number of nitrogens with one attached hydrogen (secondary N) is 1. The van der Waals surface area contributed by atoms with Crippen molar-refractivity contribution in [3.63, 3.8) is 0 Å². The Labute approximate surface area is 96.9 Å². The van der Waals surface area contributed by atoms with Crippen LogP contribution < -0.4 is 5.32 Å². The molecular formula is C11H13F2NO3. The molecular weight excluding hydrogens is 232 g/mol. The summed E-state index contributed by atoms with van der Waals surface area (Å²) < 4.78 is 27.0. The van der Waals surface area contributed by atoms with Gasteiger partial charge in [0.15, 0.2) is 0 Å². The van der Waals surface area contributed by atoms with Crippen molar-refractivity contribution >= 4 is 11.7 Å². The maximum atomic E-state index is 13.5. The van der Waals surface area contributed by atoms with Gasteiger partial charge in [0.1, 0.15) is 17.3 Å². The van der Waals surface area contributed by atoms with E-state index in [1.54, 1.807) is 13.8 Å². The summed E-state index contributed by atoms with van der Waals surface area (Å²) in [5.74, 6) is -3.43. The highest BCUT2D eigenvalue weighted by Gasteiger charge is 2.22. The number of aliphatic hydroxyl groups is 1. The SMILES string of the molecule is CC(C)(CO)Nc1c(F)cc(C(=O)O)cc1F.